The highest BCUT2D eigenvalue weighted by molar-refractivity contribution is 5.74. The number of carbonyl (C=O) groups excluding carboxylic acids is 1. The molecule has 0 aliphatic carbocycles. The highest BCUT2D eigenvalue weighted by Crippen LogP contribution is 2.21. The van der Waals surface area contributed by atoms with Crippen molar-refractivity contribution in [2.75, 3.05) is 7.11 Å². The first-order valence-electron chi connectivity index (χ1n) is 7.32. The van der Waals surface area contributed by atoms with Gasteiger partial charge < -0.3 is 15.4 Å². The van der Waals surface area contributed by atoms with E-state index in [1.807, 2.05) is 25.1 Å². The topological polar surface area (TPSA) is 63.2 Å². The van der Waals surface area contributed by atoms with E-state index in [1.165, 1.54) is 19.2 Å². The Morgan fingerprint density at radius 3 is 2.52 bits per heavy atom. The van der Waals surface area contributed by atoms with Gasteiger partial charge in [0.15, 0.2) is 11.6 Å². The van der Waals surface area contributed by atoms with Crippen LogP contribution >= 0.6 is 0 Å². The molecule has 0 saturated carbocycles. The number of nitrogens with zero attached hydrogens (tertiary/aromatic N) is 1. The smallest absolute Gasteiger partial charge is 0.315 e. The van der Waals surface area contributed by atoms with E-state index in [0.717, 1.165) is 5.69 Å². The molecule has 1 aromatic heterocycles. The van der Waals surface area contributed by atoms with Crippen molar-refractivity contribution >= 4 is 6.03 Å². The van der Waals surface area contributed by atoms with Crippen molar-refractivity contribution in [3.8, 4) is 5.75 Å². The van der Waals surface area contributed by atoms with E-state index in [2.05, 4.69) is 15.6 Å². The molecule has 0 aliphatic rings. The number of ether oxygens (including phenoxy) is 1. The van der Waals surface area contributed by atoms with Crippen LogP contribution in [-0.4, -0.2) is 18.1 Å². The number of pyridine rings is 1. The molecule has 1 heterocycles. The van der Waals surface area contributed by atoms with Gasteiger partial charge in [-0.2, -0.15) is 0 Å². The van der Waals surface area contributed by atoms with Gasteiger partial charge in [0, 0.05) is 6.20 Å². The van der Waals surface area contributed by atoms with Crippen LogP contribution < -0.4 is 15.4 Å². The summed E-state index contributed by atoms with van der Waals surface area (Å²) in [5, 5.41) is 5.58. The number of amides is 2. The maximum atomic E-state index is 13.7. The molecular weight excluding hydrogens is 297 g/mol. The molecule has 0 fully saturated rings. The maximum absolute atomic E-state index is 13.7. The highest BCUT2D eigenvalue weighted by Gasteiger charge is 2.14. The van der Waals surface area contributed by atoms with Crippen LogP contribution in [0.1, 0.15) is 37.2 Å². The molecule has 5 nitrogen and oxygen atoms in total. The fourth-order valence-electron chi connectivity index (χ4n) is 2.18. The Bertz CT molecular complexity index is 664. The summed E-state index contributed by atoms with van der Waals surface area (Å²) >= 11 is 0. The lowest BCUT2D eigenvalue weighted by atomic mass is 10.1. The van der Waals surface area contributed by atoms with Gasteiger partial charge in [0.1, 0.15) is 0 Å². The molecule has 0 saturated heterocycles. The maximum Gasteiger partial charge on any atom is 0.315 e. The third kappa shape index (κ3) is 4.42. The molecule has 2 amide bonds. The fraction of sp³-hybridized carbons (Fsp3) is 0.294. The molecule has 2 aromatic rings. The van der Waals surface area contributed by atoms with Crippen molar-refractivity contribution in [3.05, 3.63) is 59.7 Å². The zero-order valence-corrected chi connectivity index (χ0v) is 13.3. The van der Waals surface area contributed by atoms with Gasteiger partial charge in [-0.25, -0.2) is 9.18 Å². The van der Waals surface area contributed by atoms with E-state index in [1.54, 1.807) is 19.2 Å². The van der Waals surface area contributed by atoms with Crippen molar-refractivity contribution in [3.63, 3.8) is 0 Å². The zero-order chi connectivity index (χ0) is 16.8. The van der Waals surface area contributed by atoms with Crippen molar-refractivity contribution in [2.45, 2.75) is 25.9 Å². The van der Waals surface area contributed by atoms with Crippen molar-refractivity contribution in [1.82, 2.24) is 15.6 Å². The Labute approximate surface area is 134 Å². The standard InChI is InChI=1S/C17H20FN3O2/c1-11(13-7-8-16(23-3)14(18)10-13)20-17(22)21-12(2)15-6-4-5-9-19-15/h4-12H,1-3H3,(H2,20,21,22). The van der Waals surface area contributed by atoms with Gasteiger partial charge in [-0.15, -0.1) is 0 Å². The van der Waals surface area contributed by atoms with Crippen molar-refractivity contribution in [1.29, 1.82) is 0 Å². The second kappa shape index (κ2) is 7.58. The summed E-state index contributed by atoms with van der Waals surface area (Å²) in [5.41, 5.74) is 1.43. The zero-order valence-electron chi connectivity index (χ0n) is 13.3. The molecule has 0 bridgehead atoms. The molecule has 6 heteroatoms. The molecule has 122 valence electrons. The number of rotatable bonds is 5. The van der Waals surface area contributed by atoms with E-state index < -0.39 is 5.82 Å². The number of hydrogen-bond donors (Lipinski definition) is 2. The monoisotopic (exact) mass is 317 g/mol. The third-order valence-corrected chi connectivity index (χ3v) is 3.50. The van der Waals surface area contributed by atoms with E-state index in [0.29, 0.717) is 5.56 Å². The van der Waals surface area contributed by atoms with E-state index in [9.17, 15) is 9.18 Å². The molecule has 1 aromatic carbocycles. The first-order chi connectivity index (χ1) is 11.0. The van der Waals surface area contributed by atoms with Gasteiger partial charge in [0.25, 0.3) is 0 Å². The van der Waals surface area contributed by atoms with Crippen LogP contribution in [-0.2, 0) is 0 Å². The van der Waals surface area contributed by atoms with E-state index >= 15 is 0 Å². The second-order valence-corrected chi connectivity index (χ2v) is 5.21. The first-order valence-corrected chi connectivity index (χ1v) is 7.32. The van der Waals surface area contributed by atoms with Crippen molar-refractivity contribution < 1.29 is 13.9 Å². The van der Waals surface area contributed by atoms with Gasteiger partial charge in [-0.1, -0.05) is 12.1 Å². The van der Waals surface area contributed by atoms with Gasteiger partial charge >= 0.3 is 6.03 Å². The Morgan fingerprint density at radius 2 is 1.91 bits per heavy atom. The number of halogens is 1. The van der Waals surface area contributed by atoms with Gasteiger partial charge in [0.05, 0.1) is 24.9 Å². The normalized spacial score (nSPS) is 13.0. The van der Waals surface area contributed by atoms with Gasteiger partial charge in [-0.05, 0) is 43.7 Å². The van der Waals surface area contributed by atoms with Crippen LogP contribution in [0.25, 0.3) is 0 Å². The number of carbonyl (C=O) groups is 1. The summed E-state index contributed by atoms with van der Waals surface area (Å²) in [4.78, 5) is 16.2. The lowest BCUT2D eigenvalue weighted by Crippen LogP contribution is -2.38. The molecule has 2 atom stereocenters. The molecule has 2 rings (SSSR count). The second-order valence-electron chi connectivity index (χ2n) is 5.21. The summed E-state index contributed by atoms with van der Waals surface area (Å²) < 4.78 is 18.6. The van der Waals surface area contributed by atoms with E-state index in [-0.39, 0.29) is 23.9 Å². The molecule has 23 heavy (non-hydrogen) atoms. The number of methoxy groups -OCH3 is 1. The van der Waals surface area contributed by atoms with Crippen LogP contribution in [0.5, 0.6) is 5.75 Å². The summed E-state index contributed by atoms with van der Waals surface area (Å²) in [5.74, 6) is -0.282. The molecule has 0 aliphatic heterocycles. The quantitative estimate of drug-likeness (QED) is 0.889. The Balaban J connectivity index is 1.95. The SMILES string of the molecule is COc1ccc(C(C)NC(=O)NC(C)c2ccccn2)cc1F. The highest BCUT2D eigenvalue weighted by atomic mass is 19.1. The van der Waals surface area contributed by atoms with Crippen LogP contribution in [0, 0.1) is 5.82 Å². The first kappa shape index (κ1) is 16.7. The van der Waals surface area contributed by atoms with Crippen LogP contribution in [0.2, 0.25) is 0 Å². The average Bonchev–Trinajstić information content (AvgIpc) is 2.55. The van der Waals surface area contributed by atoms with E-state index in [4.69, 9.17) is 4.74 Å². The predicted molar refractivity (Wildman–Crippen MR) is 85.7 cm³/mol. The average molecular weight is 317 g/mol. The summed E-state index contributed by atoms with van der Waals surface area (Å²) in [7, 11) is 1.41. The Hall–Kier alpha value is -2.63. The molecule has 0 radical (unpaired) electrons. The summed E-state index contributed by atoms with van der Waals surface area (Å²) in [6.07, 6.45) is 1.67. The fourth-order valence-corrected chi connectivity index (χ4v) is 2.18. The molecule has 2 N–H and O–H groups in total. The minimum Gasteiger partial charge on any atom is -0.494 e. The minimum absolute atomic E-state index is 0.175. The lowest BCUT2D eigenvalue weighted by Gasteiger charge is -2.18. The summed E-state index contributed by atoms with van der Waals surface area (Å²) in [6.45, 7) is 3.63. The van der Waals surface area contributed by atoms with Crippen LogP contribution in [0.3, 0.4) is 0 Å². The number of urea groups is 1. The van der Waals surface area contributed by atoms with Gasteiger partial charge in [-0.3, -0.25) is 4.98 Å². The van der Waals surface area contributed by atoms with Crippen LogP contribution in [0.4, 0.5) is 9.18 Å². The minimum atomic E-state index is -0.457. The number of hydrogen-bond acceptors (Lipinski definition) is 3. The Morgan fingerprint density at radius 1 is 1.17 bits per heavy atom. The third-order valence-electron chi connectivity index (χ3n) is 3.50. The van der Waals surface area contributed by atoms with Crippen LogP contribution in [0.15, 0.2) is 42.6 Å². The van der Waals surface area contributed by atoms with Crippen molar-refractivity contribution in [2.24, 2.45) is 0 Å². The number of aromatic nitrogens is 1. The largest absolute Gasteiger partial charge is 0.494 e. The lowest BCUT2D eigenvalue weighted by molar-refractivity contribution is 0.234. The Kier molecular flexibility index (Phi) is 5.51. The predicted octanol–water partition coefficient (Wildman–Crippen LogP) is 3.35. The summed E-state index contributed by atoms with van der Waals surface area (Å²) in [6, 6.07) is 9.22. The number of nitrogens with one attached hydrogen (secondary N) is 2. The molecule has 2 unspecified atom stereocenters. The molecule has 0 spiro atoms. The van der Waals surface area contributed by atoms with Gasteiger partial charge in [0.2, 0.25) is 0 Å². The number of benzene rings is 1. The molecular formula is C17H20FN3O2.